The highest BCUT2D eigenvalue weighted by atomic mass is 32.1. The first-order chi connectivity index (χ1) is 12.8. The van der Waals surface area contributed by atoms with E-state index in [-0.39, 0.29) is 0 Å². The van der Waals surface area contributed by atoms with Gasteiger partial charge in [0.25, 0.3) is 0 Å². The molecule has 6 heteroatoms. The maximum absolute atomic E-state index is 5.80. The van der Waals surface area contributed by atoms with E-state index in [0.29, 0.717) is 18.3 Å². The van der Waals surface area contributed by atoms with Crippen LogP contribution in [0.3, 0.4) is 0 Å². The van der Waals surface area contributed by atoms with E-state index < -0.39 is 0 Å². The van der Waals surface area contributed by atoms with Crippen LogP contribution in [0.4, 0.5) is 0 Å². The van der Waals surface area contributed by atoms with Crippen molar-refractivity contribution < 1.29 is 4.42 Å². The van der Waals surface area contributed by atoms with Crippen LogP contribution in [0.5, 0.6) is 0 Å². The molecule has 4 rings (SSSR count). The minimum absolute atomic E-state index is 0.582. The molecular formula is C20H24N4OS. The molecule has 1 saturated heterocycles. The van der Waals surface area contributed by atoms with Crippen molar-refractivity contribution in [3.8, 4) is 11.5 Å². The summed E-state index contributed by atoms with van der Waals surface area (Å²) in [6.07, 6.45) is 2.68. The van der Waals surface area contributed by atoms with Crippen LogP contribution in [0, 0.1) is 0 Å². The van der Waals surface area contributed by atoms with Crippen molar-refractivity contribution in [3.63, 3.8) is 0 Å². The molecule has 0 spiro atoms. The lowest BCUT2D eigenvalue weighted by Gasteiger charge is -2.13. The van der Waals surface area contributed by atoms with E-state index in [4.69, 9.17) is 4.42 Å². The normalized spacial score (nSPS) is 15.2. The third-order valence-electron chi connectivity index (χ3n) is 4.63. The van der Waals surface area contributed by atoms with Crippen LogP contribution in [-0.4, -0.2) is 40.1 Å². The third-order valence-corrected chi connectivity index (χ3v) is 5.60. The van der Waals surface area contributed by atoms with Crippen molar-refractivity contribution in [3.05, 3.63) is 58.1 Å². The molecule has 0 bridgehead atoms. The van der Waals surface area contributed by atoms with Gasteiger partial charge in [-0.05, 0) is 62.1 Å². The van der Waals surface area contributed by atoms with E-state index in [2.05, 4.69) is 38.5 Å². The number of aromatic nitrogens is 2. The summed E-state index contributed by atoms with van der Waals surface area (Å²) in [4.78, 5) is 6.14. The second-order valence-electron chi connectivity index (χ2n) is 6.94. The second-order valence-corrected chi connectivity index (χ2v) is 7.94. The minimum Gasteiger partial charge on any atom is -0.419 e. The van der Waals surface area contributed by atoms with Crippen molar-refractivity contribution >= 4 is 11.3 Å². The lowest BCUT2D eigenvalue weighted by molar-refractivity contribution is 0.285. The van der Waals surface area contributed by atoms with Gasteiger partial charge in [0, 0.05) is 23.5 Å². The van der Waals surface area contributed by atoms with E-state index in [1.54, 1.807) is 0 Å². The maximum atomic E-state index is 5.80. The molecule has 0 saturated carbocycles. The van der Waals surface area contributed by atoms with E-state index in [1.165, 1.54) is 36.4 Å². The minimum atomic E-state index is 0.582. The van der Waals surface area contributed by atoms with Gasteiger partial charge in [0.2, 0.25) is 11.8 Å². The number of hydrogen-bond donors (Lipinski definition) is 0. The molecule has 0 atom stereocenters. The fraction of sp³-hybridized carbons (Fsp3) is 0.400. The smallest absolute Gasteiger partial charge is 0.247 e. The summed E-state index contributed by atoms with van der Waals surface area (Å²) < 4.78 is 5.80. The number of thiophene rings is 1. The van der Waals surface area contributed by atoms with Gasteiger partial charge in [-0.1, -0.05) is 18.2 Å². The zero-order valence-corrected chi connectivity index (χ0v) is 15.9. The van der Waals surface area contributed by atoms with E-state index in [1.807, 2.05) is 41.7 Å². The summed E-state index contributed by atoms with van der Waals surface area (Å²) in [5, 5.41) is 10.6. The molecular weight excluding hydrogens is 344 g/mol. The fourth-order valence-electron chi connectivity index (χ4n) is 3.36. The van der Waals surface area contributed by atoms with Crippen molar-refractivity contribution in [2.45, 2.75) is 32.5 Å². The SMILES string of the molecule is CN(Cc1nnc(-c2ccccc2)o1)Cc1cc(CN2CCCC2)cs1. The molecule has 26 heavy (non-hydrogen) atoms. The van der Waals surface area contributed by atoms with Crippen LogP contribution in [-0.2, 0) is 19.6 Å². The van der Waals surface area contributed by atoms with Crippen LogP contribution in [0.1, 0.15) is 29.2 Å². The van der Waals surface area contributed by atoms with Crippen molar-refractivity contribution in [1.29, 1.82) is 0 Å². The summed E-state index contributed by atoms with van der Waals surface area (Å²) in [7, 11) is 2.09. The summed E-state index contributed by atoms with van der Waals surface area (Å²) in [6, 6.07) is 12.2. The predicted octanol–water partition coefficient (Wildman–Crippen LogP) is 4.03. The average Bonchev–Trinajstić information content (AvgIpc) is 3.39. The fourth-order valence-corrected chi connectivity index (χ4v) is 4.32. The molecule has 0 unspecified atom stereocenters. The van der Waals surface area contributed by atoms with Crippen molar-refractivity contribution in [1.82, 2.24) is 20.0 Å². The van der Waals surface area contributed by atoms with Gasteiger partial charge in [-0.2, -0.15) is 0 Å². The van der Waals surface area contributed by atoms with Crippen LogP contribution >= 0.6 is 11.3 Å². The Morgan fingerprint density at radius 1 is 1.12 bits per heavy atom. The Morgan fingerprint density at radius 3 is 2.73 bits per heavy atom. The number of nitrogens with zero attached hydrogens (tertiary/aromatic N) is 4. The average molecular weight is 369 g/mol. The van der Waals surface area contributed by atoms with Crippen LogP contribution in [0.25, 0.3) is 11.5 Å². The summed E-state index contributed by atoms with van der Waals surface area (Å²) >= 11 is 1.84. The number of rotatable bonds is 7. The van der Waals surface area contributed by atoms with Crippen molar-refractivity contribution in [2.24, 2.45) is 0 Å². The van der Waals surface area contributed by atoms with Crippen LogP contribution < -0.4 is 0 Å². The second kappa shape index (κ2) is 8.12. The molecule has 5 nitrogen and oxygen atoms in total. The molecule has 3 aromatic rings. The zero-order chi connectivity index (χ0) is 17.8. The van der Waals surface area contributed by atoms with Gasteiger partial charge < -0.3 is 4.42 Å². The Kier molecular flexibility index (Phi) is 5.43. The highest BCUT2D eigenvalue weighted by molar-refractivity contribution is 7.10. The Hall–Kier alpha value is -2.02. The lowest BCUT2D eigenvalue weighted by Crippen LogP contribution is -2.18. The first kappa shape index (κ1) is 17.4. The predicted molar refractivity (Wildman–Crippen MR) is 104 cm³/mol. The van der Waals surface area contributed by atoms with Gasteiger partial charge in [-0.15, -0.1) is 21.5 Å². The first-order valence-electron chi connectivity index (χ1n) is 9.11. The van der Waals surface area contributed by atoms with E-state index in [9.17, 15) is 0 Å². The highest BCUT2D eigenvalue weighted by Gasteiger charge is 2.14. The molecule has 0 radical (unpaired) electrons. The van der Waals surface area contributed by atoms with Crippen LogP contribution in [0.15, 0.2) is 46.2 Å². The quantitative estimate of drug-likeness (QED) is 0.630. The summed E-state index contributed by atoms with van der Waals surface area (Å²) in [5.41, 5.74) is 2.39. The molecule has 0 N–H and O–H groups in total. The molecule has 1 aromatic carbocycles. The largest absolute Gasteiger partial charge is 0.419 e. The molecule has 0 aliphatic carbocycles. The Labute approximate surface area is 158 Å². The van der Waals surface area contributed by atoms with Crippen LogP contribution in [0.2, 0.25) is 0 Å². The van der Waals surface area contributed by atoms with Gasteiger partial charge in [0.15, 0.2) is 0 Å². The third kappa shape index (κ3) is 4.38. The molecule has 1 aliphatic heterocycles. The van der Waals surface area contributed by atoms with Gasteiger partial charge in [-0.3, -0.25) is 9.80 Å². The Balaban J connectivity index is 1.32. The summed E-state index contributed by atoms with van der Waals surface area (Å²) in [5.74, 6) is 1.23. The standard InChI is InChI=1S/C20H24N4OS/c1-23(13-18-11-16(15-26-18)12-24-9-5-6-10-24)14-19-21-22-20(25-19)17-7-3-2-4-8-17/h2-4,7-8,11,15H,5-6,9-10,12-14H2,1H3. The van der Waals surface area contributed by atoms with Gasteiger partial charge in [0.05, 0.1) is 6.54 Å². The number of likely N-dealkylation sites (tertiary alicyclic amines) is 1. The molecule has 2 aromatic heterocycles. The molecule has 3 heterocycles. The van der Waals surface area contributed by atoms with Gasteiger partial charge >= 0.3 is 0 Å². The Bertz CT molecular complexity index is 823. The monoisotopic (exact) mass is 368 g/mol. The number of hydrogen-bond acceptors (Lipinski definition) is 6. The van der Waals surface area contributed by atoms with E-state index in [0.717, 1.165) is 18.7 Å². The summed E-state index contributed by atoms with van der Waals surface area (Å²) in [6.45, 7) is 5.12. The molecule has 136 valence electrons. The molecule has 1 fully saturated rings. The van der Waals surface area contributed by atoms with Gasteiger partial charge in [-0.25, -0.2) is 0 Å². The molecule has 1 aliphatic rings. The van der Waals surface area contributed by atoms with Crippen molar-refractivity contribution in [2.75, 3.05) is 20.1 Å². The zero-order valence-electron chi connectivity index (χ0n) is 15.1. The first-order valence-corrected chi connectivity index (χ1v) is 9.99. The molecule has 0 amide bonds. The lowest BCUT2D eigenvalue weighted by atomic mass is 10.2. The van der Waals surface area contributed by atoms with Gasteiger partial charge in [0.1, 0.15) is 0 Å². The Morgan fingerprint density at radius 2 is 1.92 bits per heavy atom. The van der Waals surface area contributed by atoms with E-state index >= 15 is 0 Å². The topological polar surface area (TPSA) is 45.4 Å². The maximum Gasteiger partial charge on any atom is 0.247 e. The highest BCUT2D eigenvalue weighted by Crippen LogP contribution is 2.21. The number of benzene rings is 1.